The van der Waals surface area contributed by atoms with Crippen LogP contribution in [0.2, 0.25) is 5.02 Å². The minimum absolute atomic E-state index is 0.116. The molecule has 0 bridgehead atoms. The van der Waals surface area contributed by atoms with Crippen LogP contribution >= 0.6 is 11.6 Å². The van der Waals surface area contributed by atoms with Gasteiger partial charge in [0.2, 0.25) is 0 Å². The van der Waals surface area contributed by atoms with E-state index in [0.29, 0.717) is 11.6 Å². The van der Waals surface area contributed by atoms with E-state index in [0.717, 1.165) is 17.0 Å². The first kappa shape index (κ1) is 13.9. The number of methoxy groups -OCH3 is 1. The highest BCUT2D eigenvalue weighted by atomic mass is 35.5. The summed E-state index contributed by atoms with van der Waals surface area (Å²) in [6.07, 6.45) is 1.67. The third kappa shape index (κ3) is 2.91. The molecule has 0 aliphatic rings. The molecular weight excluding hydrogens is 262 g/mol. The van der Waals surface area contributed by atoms with Crippen LogP contribution in [0.4, 0.5) is 0 Å². The molecule has 1 unspecified atom stereocenters. The maximum atomic E-state index is 6.03. The number of halogens is 1. The number of nitrogens with one attached hydrogen (secondary N) is 1. The van der Waals surface area contributed by atoms with Crippen LogP contribution in [0.5, 0.6) is 5.75 Å². The first-order valence-electron chi connectivity index (χ1n) is 6.15. The molecule has 2 rings (SSSR count). The van der Waals surface area contributed by atoms with Gasteiger partial charge in [-0.15, -0.1) is 0 Å². The molecule has 0 amide bonds. The molecule has 4 nitrogen and oxygen atoms in total. The van der Waals surface area contributed by atoms with Gasteiger partial charge in [-0.25, -0.2) is 0 Å². The molecule has 0 spiro atoms. The van der Waals surface area contributed by atoms with Gasteiger partial charge in [0, 0.05) is 5.56 Å². The Balaban J connectivity index is 2.27. The van der Waals surface area contributed by atoms with Crippen LogP contribution in [0.1, 0.15) is 17.3 Å². The van der Waals surface area contributed by atoms with Crippen molar-refractivity contribution in [2.45, 2.75) is 19.5 Å². The lowest BCUT2D eigenvalue weighted by Crippen LogP contribution is -2.23. The molecule has 1 atom stereocenters. The van der Waals surface area contributed by atoms with Crippen LogP contribution in [0.3, 0.4) is 0 Å². The number of benzene rings is 1. The van der Waals surface area contributed by atoms with Gasteiger partial charge >= 0.3 is 0 Å². The zero-order valence-electron chi connectivity index (χ0n) is 11.4. The van der Waals surface area contributed by atoms with Gasteiger partial charge < -0.3 is 10.1 Å². The van der Waals surface area contributed by atoms with Gasteiger partial charge in [-0.05, 0) is 20.0 Å². The predicted molar refractivity (Wildman–Crippen MR) is 76.8 cm³/mol. The standard InChI is InChI=1S/C14H18ClN3O/c1-10-12(15)8-17-18(10)9-13(16-2)11-6-4-5-7-14(11)19-3/h4-8,13,16H,9H2,1-3H3. The summed E-state index contributed by atoms with van der Waals surface area (Å²) in [7, 11) is 3.61. The minimum Gasteiger partial charge on any atom is -0.496 e. The smallest absolute Gasteiger partial charge is 0.123 e. The van der Waals surface area contributed by atoms with E-state index in [1.165, 1.54) is 0 Å². The lowest BCUT2D eigenvalue weighted by molar-refractivity contribution is 0.389. The average Bonchev–Trinajstić information content (AvgIpc) is 2.76. The van der Waals surface area contributed by atoms with Gasteiger partial charge in [0.05, 0.1) is 36.6 Å². The summed E-state index contributed by atoms with van der Waals surface area (Å²) in [5, 5.41) is 8.27. The Kier molecular flexibility index (Phi) is 4.45. The van der Waals surface area contributed by atoms with Crippen molar-refractivity contribution >= 4 is 11.6 Å². The van der Waals surface area contributed by atoms with E-state index in [1.54, 1.807) is 13.3 Å². The number of likely N-dealkylation sites (N-methyl/N-ethyl adjacent to an activating group) is 1. The van der Waals surface area contributed by atoms with E-state index in [1.807, 2.05) is 36.9 Å². The van der Waals surface area contributed by atoms with Crippen LogP contribution in [-0.4, -0.2) is 23.9 Å². The first-order chi connectivity index (χ1) is 9.17. The summed E-state index contributed by atoms with van der Waals surface area (Å²) in [5.41, 5.74) is 2.08. The second kappa shape index (κ2) is 6.08. The van der Waals surface area contributed by atoms with Crippen molar-refractivity contribution in [1.82, 2.24) is 15.1 Å². The van der Waals surface area contributed by atoms with Crippen molar-refractivity contribution < 1.29 is 4.74 Å². The molecule has 102 valence electrons. The fourth-order valence-corrected chi connectivity index (χ4v) is 2.22. The van der Waals surface area contributed by atoms with Gasteiger partial charge in [0.15, 0.2) is 0 Å². The summed E-state index contributed by atoms with van der Waals surface area (Å²) < 4.78 is 7.30. The van der Waals surface area contributed by atoms with Crippen LogP contribution in [0, 0.1) is 6.92 Å². The maximum absolute atomic E-state index is 6.03. The van der Waals surface area contributed by atoms with E-state index >= 15 is 0 Å². The second-order valence-corrected chi connectivity index (χ2v) is 4.75. The fourth-order valence-electron chi connectivity index (χ4n) is 2.08. The number of rotatable bonds is 5. The summed E-state index contributed by atoms with van der Waals surface area (Å²) in [4.78, 5) is 0. The number of aromatic nitrogens is 2. The summed E-state index contributed by atoms with van der Waals surface area (Å²) in [5.74, 6) is 0.873. The third-order valence-corrected chi connectivity index (χ3v) is 3.63. The third-order valence-electron chi connectivity index (χ3n) is 3.26. The molecule has 2 aromatic rings. The molecule has 1 heterocycles. The Morgan fingerprint density at radius 3 is 2.74 bits per heavy atom. The van der Waals surface area contributed by atoms with Crippen molar-refractivity contribution in [3.63, 3.8) is 0 Å². The molecule has 0 radical (unpaired) electrons. The van der Waals surface area contributed by atoms with Crippen LogP contribution in [0.15, 0.2) is 30.5 Å². The van der Waals surface area contributed by atoms with Crippen molar-refractivity contribution in [3.8, 4) is 5.75 Å². The fraction of sp³-hybridized carbons (Fsp3) is 0.357. The van der Waals surface area contributed by atoms with Gasteiger partial charge in [-0.1, -0.05) is 29.8 Å². The molecule has 1 aromatic heterocycles. The highest BCUT2D eigenvalue weighted by molar-refractivity contribution is 6.31. The Bertz CT molecular complexity index is 553. The molecule has 0 aliphatic heterocycles. The predicted octanol–water partition coefficient (Wildman–Crippen LogP) is 2.81. The molecule has 0 saturated heterocycles. The van der Waals surface area contributed by atoms with Crippen molar-refractivity contribution in [3.05, 3.63) is 46.7 Å². The zero-order valence-corrected chi connectivity index (χ0v) is 12.1. The van der Waals surface area contributed by atoms with Crippen molar-refractivity contribution in [2.24, 2.45) is 0 Å². The van der Waals surface area contributed by atoms with Gasteiger partial charge in [0.25, 0.3) is 0 Å². The highest BCUT2D eigenvalue weighted by Crippen LogP contribution is 2.26. The molecule has 19 heavy (non-hydrogen) atoms. The van der Waals surface area contributed by atoms with Crippen molar-refractivity contribution in [1.29, 1.82) is 0 Å². The SMILES string of the molecule is CNC(Cn1ncc(Cl)c1C)c1ccccc1OC. The van der Waals surface area contributed by atoms with E-state index < -0.39 is 0 Å². The van der Waals surface area contributed by atoms with E-state index in [-0.39, 0.29) is 6.04 Å². The largest absolute Gasteiger partial charge is 0.496 e. The Morgan fingerprint density at radius 1 is 1.42 bits per heavy atom. The molecule has 0 aliphatic carbocycles. The lowest BCUT2D eigenvalue weighted by Gasteiger charge is -2.20. The second-order valence-electron chi connectivity index (χ2n) is 4.34. The molecule has 0 saturated carbocycles. The summed E-state index contributed by atoms with van der Waals surface area (Å²) in [6, 6.07) is 8.10. The number of hydrogen-bond donors (Lipinski definition) is 1. The zero-order chi connectivity index (χ0) is 13.8. The van der Waals surface area contributed by atoms with Crippen LogP contribution in [-0.2, 0) is 6.54 Å². The first-order valence-corrected chi connectivity index (χ1v) is 6.53. The molecule has 5 heteroatoms. The molecule has 1 aromatic carbocycles. The van der Waals surface area contributed by atoms with Gasteiger partial charge in [-0.3, -0.25) is 4.68 Å². The van der Waals surface area contributed by atoms with Crippen molar-refractivity contribution in [2.75, 3.05) is 14.2 Å². The van der Waals surface area contributed by atoms with E-state index in [9.17, 15) is 0 Å². The highest BCUT2D eigenvalue weighted by Gasteiger charge is 2.16. The minimum atomic E-state index is 0.116. The van der Waals surface area contributed by atoms with E-state index in [2.05, 4.69) is 16.5 Å². The van der Waals surface area contributed by atoms with Crippen LogP contribution < -0.4 is 10.1 Å². The number of para-hydroxylation sites is 1. The van der Waals surface area contributed by atoms with Gasteiger partial charge in [-0.2, -0.15) is 5.10 Å². The quantitative estimate of drug-likeness (QED) is 0.915. The molecule has 1 N–H and O–H groups in total. The molecular formula is C14H18ClN3O. The summed E-state index contributed by atoms with van der Waals surface area (Å²) in [6.45, 7) is 2.67. The number of ether oxygens (including phenoxy) is 1. The van der Waals surface area contributed by atoms with Crippen LogP contribution in [0.25, 0.3) is 0 Å². The number of nitrogens with zero attached hydrogens (tertiary/aromatic N) is 2. The van der Waals surface area contributed by atoms with E-state index in [4.69, 9.17) is 16.3 Å². The average molecular weight is 280 g/mol. The lowest BCUT2D eigenvalue weighted by atomic mass is 10.1. The Labute approximate surface area is 118 Å². The topological polar surface area (TPSA) is 39.1 Å². The maximum Gasteiger partial charge on any atom is 0.123 e. The van der Waals surface area contributed by atoms with Gasteiger partial charge in [0.1, 0.15) is 5.75 Å². The Morgan fingerprint density at radius 2 is 2.16 bits per heavy atom. The Hall–Kier alpha value is -1.52. The summed E-state index contributed by atoms with van der Waals surface area (Å²) >= 11 is 6.03. The number of hydrogen-bond acceptors (Lipinski definition) is 3. The monoisotopic (exact) mass is 279 g/mol. The molecule has 0 fully saturated rings. The normalized spacial score (nSPS) is 12.4.